The van der Waals surface area contributed by atoms with E-state index in [1.54, 1.807) is 48.5 Å². The zero-order valence-electron chi connectivity index (χ0n) is 12.2. The molecular formula is C18H10ClNO4. The molecule has 0 atom stereocenters. The van der Waals surface area contributed by atoms with E-state index in [0.29, 0.717) is 45.4 Å². The van der Waals surface area contributed by atoms with Crippen molar-refractivity contribution in [3.05, 3.63) is 64.9 Å². The number of nitrogens with one attached hydrogen (secondary N) is 1. The highest BCUT2D eigenvalue weighted by atomic mass is 35.5. The van der Waals surface area contributed by atoms with Gasteiger partial charge in [-0.05, 0) is 48.5 Å². The van der Waals surface area contributed by atoms with Crippen molar-refractivity contribution in [3.63, 3.8) is 0 Å². The Balaban J connectivity index is 1.78. The molecular weight excluding hydrogens is 330 g/mol. The molecule has 4 rings (SSSR count). The first-order valence-corrected chi connectivity index (χ1v) is 7.50. The Morgan fingerprint density at radius 1 is 1.00 bits per heavy atom. The van der Waals surface area contributed by atoms with Gasteiger partial charge in [-0.25, -0.2) is 0 Å². The smallest absolute Gasteiger partial charge is 0.259 e. The third-order valence-electron chi connectivity index (χ3n) is 3.66. The molecule has 1 aromatic heterocycles. The second-order valence-electron chi connectivity index (χ2n) is 5.23. The van der Waals surface area contributed by atoms with Crippen LogP contribution >= 0.6 is 11.6 Å². The van der Waals surface area contributed by atoms with Gasteiger partial charge >= 0.3 is 0 Å². The maximum absolute atomic E-state index is 12.5. The van der Waals surface area contributed by atoms with Gasteiger partial charge in [-0.15, -0.1) is 0 Å². The molecule has 5 nitrogen and oxygen atoms in total. The van der Waals surface area contributed by atoms with Crippen LogP contribution in [0.15, 0.2) is 52.9 Å². The van der Waals surface area contributed by atoms with Crippen molar-refractivity contribution in [2.45, 2.75) is 0 Å². The number of hydrogen-bond donors (Lipinski definition) is 1. The standard InChI is InChI=1S/C18H10ClNO4/c19-11-2-5-17-14(8-11)20-18(22)13-7-10(1-4-16(13)24-17)15-6-3-12(9-21)23-15/h1-9H,(H,20,22). The minimum Gasteiger partial charge on any atom is -0.454 e. The molecule has 118 valence electrons. The van der Waals surface area contributed by atoms with Crippen LogP contribution in [0, 0.1) is 0 Å². The minimum absolute atomic E-state index is 0.225. The normalized spacial score (nSPS) is 12.5. The summed E-state index contributed by atoms with van der Waals surface area (Å²) in [7, 11) is 0. The van der Waals surface area contributed by atoms with Gasteiger partial charge in [0.2, 0.25) is 0 Å². The van der Waals surface area contributed by atoms with Crippen LogP contribution in [0.4, 0.5) is 5.69 Å². The summed E-state index contributed by atoms with van der Waals surface area (Å²) in [5.74, 6) is 1.36. The Morgan fingerprint density at radius 2 is 1.83 bits per heavy atom. The predicted molar refractivity (Wildman–Crippen MR) is 89.0 cm³/mol. The molecule has 0 aliphatic carbocycles. The molecule has 1 amide bonds. The molecule has 3 aromatic rings. The summed E-state index contributed by atoms with van der Waals surface area (Å²) in [6.45, 7) is 0. The molecule has 0 saturated carbocycles. The lowest BCUT2D eigenvalue weighted by molar-refractivity contribution is 0.102. The molecule has 24 heavy (non-hydrogen) atoms. The summed E-state index contributed by atoms with van der Waals surface area (Å²) >= 11 is 5.96. The molecule has 2 aromatic carbocycles. The van der Waals surface area contributed by atoms with Crippen LogP contribution in [0.5, 0.6) is 11.5 Å². The fourth-order valence-electron chi connectivity index (χ4n) is 2.52. The van der Waals surface area contributed by atoms with Gasteiger partial charge in [0.15, 0.2) is 17.8 Å². The summed E-state index contributed by atoms with van der Waals surface area (Å²) in [4.78, 5) is 23.2. The predicted octanol–water partition coefficient (Wildman–Crippen LogP) is 4.77. The van der Waals surface area contributed by atoms with Crippen LogP contribution in [0.1, 0.15) is 20.9 Å². The number of furan rings is 1. The molecule has 1 N–H and O–H groups in total. The number of ether oxygens (including phenoxy) is 1. The number of rotatable bonds is 2. The number of benzene rings is 2. The molecule has 0 spiro atoms. The SMILES string of the molecule is O=Cc1ccc(-c2ccc3c(c2)C(=O)Nc2cc(Cl)ccc2O3)o1. The maximum atomic E-state index is 12.5. The van der Waals surface area contributed by atoms with Crippen LogP contribution in [-0.4, -0.2) is 12.2 Å². The zero-order valence-corrected chi connectivity index (χ0v) is 13.0. The minimum atomic E-state index is -0.310. The lowest BCUT2D eigenvalue weighted by Gasteiger charge is -2.08. The number of hydrogen-bond acceptors (Lipinski definition) is 4. The van der Waals surface area contributed by atoms with E-state index in [-0.39, 0.29) is 11.7 Å². The molecule has 0 unspecified atom stereocenters. The van der Waals surface area contributed by atoms with E-state index < -0.39 is 0 Å². The Bertz CT molecular complexity index is 977. The van der Waals surface area contributed by atoms with E-state index in [1.165, 1.54) is 0 Å². The van der Waals surface area contributed by atoms with Gasteiger partial charge in [0.05, 0.1) is 11.3 Å². The number of carbonyl (C=O) groups is 2. The Kier molecular flexibility index (Phi) is 3.36. The van der Waals surface area contributed by atoms with E-state index in [0.717, 1.165) is 0 Å². The van der Waals surface area contributed by atoms with E-state index in [1.807, 2.05) is 0 Å². The van der Waals surface area contributed by atoms with Crippen molar-refractivity contribution in [2.75, 3.05) is 5.32 Å². The summed E-state index contributed by atoms with van der Waals surface area (Å²) < 4.78 is 11.2. The number of anilines is 1. The first-order valence-electron chi connectivity index (χ1n) is 7.12. The number of carbonyl (C=O) groups excluding carboxylic acids is 2. The highest BCUT2D eigenvalue weighted by Crippen LogP contribution is 2.38. The van der Waals surface area contributed by atoms with E-state index in [2.05, 4.69) is 5.32 Å². The Morgan fingerprint density at radius 3 is 2.62 bits per heavy atom. The van der Waals surface area contributed by atoms with E-state index >= 15 is 0 Å². The van der Waals surface area contributed by atoms with Crippen LogP contribution in [0.3, 0.4) is 0 Å². The topological polar surface area (TPSA) is 68.5 Å². The van der Waals surface area contributed by atoms with Crippen molar-refractivity contribution in [1.82, 2.24) is 0 Å². The van der Waals surface area contributed by atoms with Gasteiger partial charge in [-0.1, -0.05) is 11.6 Å². The average molecular weight is 340 g/mol. The van der Waals surface area contributed by atoms with Crippen LogP contribution in [0.25, 0.3) is 11.3 Å². The third-order valence-corrected chi connectivity index (χ3v) is 3.90. The number of fused-ring (bicyclic) bond motifs is 2. The lowest BCUT2D eigenvalue weighted by atomic mass is 10.1. The zero-order chi connectivity index (χ0) is 16.7. The summed E-state index contributed by atoms with van der Waals surface area (Å²) in [6, 6.07) is 13.4. The fraction of sp³-hybridized carbons (Fsp3) is 0. The van der Waals surface area contributed by atoms with Crippen LogP contribution in [0.2, 0.25) is 5.02 Å². The molecule has 0 radical (unpaired) electrons. The second-order valence-corrected chi connectivity index (χ2v) is 5.66. The van der Waals surface area contributed by atoms with Gasteiger partial charge < -0.3 is 14.5 Å². The molecule has 6 heteroatoms. The second kappa shape index (κ2) is 5.54. The van der Waals surface area contributed by atoms with Gasteiger partial charge in [-0.2, -0.15) is 0 Å². The highest BCUT2D eigenvalue weighted by Gasteiger charge is 2.22. The number of aldehydes is 1. The summed E-state index contributed by atoms with van der Waals surface area (Å²) in [5, 5.41) is 3.28. The molecule has 0 fully saturated rings. The molecule has 0 saturated heterocycles. The van der Waals surface area contributed by atoms with Crippen LogP contribution < -0.4 is 10.1 Å². The van der Waals surface area contributed by atoms with E-state index in [4.69, 9.17) is 20.8 Å². The summed E-state index contributed by atoms with van der Waals surface area (Å²) in [6.07, 6.45) is 0.628. The maximum Gasteiger partial charge on any atom is 0.259 e. The average Bonchev–Trinajstić information content (AvgIpc) is 3.01. The van der Waals surface area contributed by atoms with E-state index in [9.17, 15) is 9.59 Å². The van der Waals surface area contributed by atoms with Gasteiger partial charge in [-0.3, -0.25) is 9.59 Å². The summed E-state index contributed by atoms with van der Waals surface area (Å²) in [5.41, 5.74) is 1.54. The van der Waals surface area contributed by atoms with Crippen molar-refractivity contribution >= 4 is 29.5 Å². The van der Waals surface area contributed by atoms with Crippen molar-refractivity contribution < 1.29 is 18.7 Å². The third kappa shape index (κ3) is 2.45. The first kappa shape index (κ1) is 14.5. The van der Waals surface area contributed by atoms with Gasteiger partial charge in [0.25, 0.3) is 5.91 Å². The van der Waals surface area contributed by atoms with Crippen molar-refractivity contribution in [2.24, 2.45) is 0 Å². The highest BCUT2D eigenvalue weighted by molar-refractivity contribution is 6.31. The quantitative estimate of drug-likeness (QED) is 0.683. The van der Waals surface area contributed by atoms with Crippen molar-refractivity contribution in [1.29, 1.82) is 0 Å². The van der Waals surface area contributed by atoms with Crippen LogP contribution in [-0.2, 0) is 0 Å². The first-order chi connectivity index (χ1) is 11.6. The molecule has 1 aliphatic rings. The lowest BCUT2D eigenvalue weighted by Crippen LogP contribution is -2.10. The molecule has 1 aliphatic heterocycles. The molecule has 0 bridgehead atoms. The monoisotopic (exact) mass is 339 g/mol. The van der Waals surface area contributed by atoms with Gasteiger partial charge in [0, 0.05) is 10.6 Å². The Labute approximate surface area is 141 Å². The van der Waals surface area contributed by atoms with Gasteiger partial charge in [0.1, 0.15) is 11.5 Å². The fourth-order valence-corrected chi connectivity index (χ4v) is 2.69. The number of halogens is 1. The Hall–Kier alpha value is -3.05. The molecule has 2 heterocycles. The number of amides is 1. The van der Waals surface area contributed by atoms with Crippen molar-refractivity contribution in [3.8, 4) is 22.8 Å². The largest absolute Gasteiger partial charge is 0.454 e.